The van der Waals surface area contributed by atoms with E-state index in [0.29, 0.717) is 20.8 Å². The van der Waals surface area contributed by atoms with Gasteiger partial charge in [-0.2, -0.15) is 0 Å². The summed E-state index contributed by atoms with van der Waals surface area (Å²) in [5.41, 5.74) is 0.548. The summed E-state index contributed by atoms with van der Waals surface area (Å²) < 4.78 is 1.78. The summed E-state index contributed by atoms with van der Waals surface area (Å²) in [6, 6.07) is 5.34. The molecule has 0 aliphatic carbocycles. The molecular weight excluding hydrogens is 323 g/mol. The average molecular weight is 329 g/mol. The molecule has 3 aromatic rings. The maximum atomic E-state index is 11.2. The lowest BCUT2D eigenvalue weighted by Crippen LogP contribution is -1.88. The van der Waals surface area contributed by atoms with E-state index in [2.05, 4.69) is 4.98 Å². The molecule has 3 rings (SSSR count). The molecule has 0 unspecified atom stereocenters. The fourth-order valence-electron chi connectivity index (χ4n) is 1.62. The lowest BCUT2D eigenvalue weighted by Gasteiger charge is -2.01. The second-order valence-corrected chi connectivity index (χ2v) is 6.40. The zero-order chi connectivity index (χ0) is 13.4. The van der Waals surface area contributed by atoms with Gasteiger partial charge in [-0.05, 0) is 18.2 Å². The SMILES string of the molecule is O=Cc1c(Sc2ccc(Cl)c(Cl)c2)nc2sccn12. The van der Waals surface area contributed by atoms with Gasteiger partial charge in [0, 0.05) is 16.5 Å². The van der Waals surface area contributed by atoms with Gasteiger partial charge in [-0.15, -0.1) is 11.3 Å². The highest BCUT2D eigenvalue weighted by molar-refractivity contribution is 7.99. The van der Waals surface area contributed by atoms with Gasteiger partial charge in [0.2, 0.25) is 0 Å². The zero-order valence-electron chi connectivity index (χ0n) is 9.34. The summed E-state index contributed by atoms with van der Waals surface area (Å²) in [6.07, 6.45) is 2.64. The highest BCUT2D eigenvalue weighted by Gasteiger charge is 2.14. The minimum absolute atomic E-state index is 0.486. The quantitative estimate of drug-likeness (QED) is 0.655. The Balaban J connectivity index is 2.02. The van der Waals surface area contributed by atoms with Gasteiger partial charge < -0.3 is 0 Å². The topological polar surface area (TPSA) is 34.4 Å². The first-order valence-electron chi connectivity index (χ1n) is 5.22. The molecule has 3 nitrogen and oxygen atoms in total. The lowest BCUT2D eigenvalue weighted by atomic mass is 10.4. The van der Waals surface area contributed by atoms with Crippen molar-refractivity contribution in [2.45, 2.75) is 9.92 Å². The van der Waals surface area contributed by atoms with E-state index >= 15 is 0 Å². The molecule has 1 aromatic carbocycles. The number of carbonyl (C=O) groups excluding carboxylic acids is 1. The maximum Gasteiger partial charge on any atom is 0.195 e. The first-order chi connectivity index (χ1) is 9.19. The molecule has 0 atom stereocenters. The minimum Gasteiger partial charge on any atom is -0.296 e. The van der Waals surface area contributed by atoms with Crippen LogP contribution in [0.25, 0.3) is 4.96 Å². The molecule has 0 N–H and O–H groups in total. The summed E-state index contributed by atoms with van der Waals surface area (Å²) in [5, 5.41) is 3.55. The molecule has 7 heteroatoms. The Morgan fingerprint density at radius 3 is 2.89 bits per heavy atom. The Morgan fingerprint density at radius 2 is 2.16 bits per heavy atom. The molecule has 0 spiro atoms. The largest absolute Gasteiger partial charge is 0.296 e. The standard InChI is InChI=1S/C12H6Cl2N2OS2/c13-8-2-1-7(5-9(8)14)19-11-10(6-17)16-3-4-18-12(16)15-11/h1-6H. The summed E-state index contributed by atoms with van der Waals surface area (Å²) in [7, 11) is 0. The van der Waals surface area contributed by atoms with Crippen LogP contribution in [0, 0.1) is 0 Å². The predicted molar refractivity (Wildman–Crippen MR) is 79.0 cm³/mol. The number of benzene rings is 1. The van der Waals surface area contributed by atoms with Gasteiger partial charge >= 0.3 is 0 Å². The Hall–Kier alpha value is -1.01. The molecule has 96 valence electrons. The third-order valence-electron chi connectivity index (χ3n) is 2.48. The van der Waals surface area contributed by atoms with Gasteiger partial charge in [0.15, 0.2) is 11.2 Å². The summed E-state index contributed by atoms with van der Waals surface area (Å²) in [4.78, 5) is 17.3. The molecule has 0 fully saturated rings. The summed E-state index contributed by atoms with van der Waals surface area (Å²) in [6.45, 7) is 0. The fraction of sp³-hybridized carbons (Fsp3) is 0. The predicted octanol–water partition coefficient (Wildman–Crippen LogP) is 4.67. The van der Waals surface area contributed by atoms with Crippen LogP contribution < -0.4 is 0 Å². The number of rotatable bonds is 3. The number of hydrogen-bond acceptors (Lipinski definition) is 4. The van der Waals surface area contributed by atoms with Crippen molar-refractivity contribution in [1.29, 1.82) is 0 Å². The highest BCUT2D eigenvalue weighted by Crippen LogP contribution is 2.34. The number of imidazole rings is 1. The van der Waals surface area contributed by atoms with Gasteiger partial charge in [-0.3, -0.25) is 9.20 Å². The number of nitrogens with zero attached hydrogens (tertiary/aromatic N) is 2. The molecule has 2 aromatic heterocycles. The van der Waals surface area contributed by atoms with Crippen LogP contribution in [-0.4, -0.2) is 15.7 Å². The fourth-order valence-corrected chi connectivity index (χ4v) is 3.68. The number of carbonyl (C=O) groups is 1. The van der Waals surface area contributed by atoms with Crippen molar-refractivity contribution < 1.29 is 4.79 Å². The number of fused-ring (bicyclic) bond motifs is 1. The number of thiazole rings is 1. The van der Waals surface area contributed by atoms with Crippen LogP contribution in [-0.2, 0) is 0 Å². The molecule has 2 heterocycles. The van der Waals surface area contributed by atoms with Gasteiger partial charge in [0.05, 0.1) is 10.0 Å². The summed E-state index contributed by atoms with van der Waals surface area (Å²) >= 11 is 14.7. The Bertz CT molecular complexity index is 766. The second-order valence-electron chi connectivity index (χ2n) is 3.65. The Labute approximate surface area is 127 Å². The van der Waals surface area contributed by atoms with Crippen molar-refractivity contribution in [3.8, 4) is 0 Å². The van der Waals surface area contributed by atoms with Crippen LogP contribution in [0.2, 0.25) is 10.0 Å². The molecule has 0 aliphatic heterocycles. The highest BCUT2D eigenvalue weighted by atomic mass is 35.5. The van der Waals surface area contributed by atoms with Crippen LogP contribution in [0.15, 0.2) is 39.7 Å². The van der Waals surface area contributed by atoms with Crippen molar-refractivity contribution in [1.82, 2.24) is 9.38 Å². The monoisotopic (exact) mass is 328 g/mol. The molecular formula is C12H6Cl2N2OS2. The van der Waals surface area contributed by atoms with E-state index < -0.39 is 0 Å². The number of aldehydes is 1. The smallest absolute Gasteiger partial charge is 0.195 e. The number of hydrogen-bond donors (Lipinski definition) is 0. The van der Waals surface area contributed by atoms with Gasteiger partial charge in [0.25, 0.3) is 0 Å². The maximum absolute atomic E-state index is 11.2. The molecule has 0 saturated carbocycles. The van der Waals surface area contributed by atoms with Crippen molar-refractivity contribution >= 4 is 57.5 Å². The van der Waals surface area contributed by atoms with Gasteiger partial charge in [0.1, 0.15) is 10.7 Å². The van der Waals surface area contributed by atoms with Gasteiger partial charge in [-0.1, -0.05) is 35.0 Å². The van der Waals surface area contributed by atoms with E-state index in [4.69, 9.17) is 23.2 Å². The Morgan fingerprint density at radius 1 is 1.32 bits per heavy atom. The zero-order valence-corrected chi connectivity index (χ0v) is 12.5. The van der Waals surface area contributed by atoms with Crippen LogP contribution in [0.1, 0.15) is 10.5 Å². The van der Waals surface area contributed by atoms with Crippen LogP contribution in [0.4, 0.5) is 0 Å². The Kier molecular flexibility index (Phi) is 3.54. The van der Waals surface area contributed by atoms with E-state index in [1.165, 1.54) is 23.1 Å². The van der Waals surface area contributed by atoms with E-state index in [0.717, 1.165) is 16.1 Å². The van der Waals surface area contributed by atoms with Gasteiger partial charge in [-0.25, -0.2) is 4.98 Å². The molecule has 0 radical (unpaired) electrons. The molecule has 19 heavy (non-hydrogen) atoms. The van der Waals surface area contributed by atoms with Crippen LogP contribution in [0.5, 0.6) is 0 Å². The van der Waals surface area contributed by atoms with Crippen LogP contribution >= 0.6 is 46.3 Å². The van der Waals surface area contributed by atoms with E-state index in [-0.39, 0.29) is 0 Å². The summed E-state index contributed by atoms with van der Waals surface area (Å²) in [5.74, 6) is 0. The normalized spacial score (nSPS) is 11.1. The molecule has 0 amide bonds. The number of aromatic nitrogens is 2. The van der Waals surface area contributed by atoms with E-state index in [1.54, 1.807) is 16.5 Å². The lowest BCUT2D eigenvalue weighted by molar-refractivity contribution is 0.111. The van der Waals surface area contributed by atoms with Crippen molar-refractivity contribution in [2.75, 3.05) is 0 Å². The van der Waals surface area contributed by atoms with Crippen molar-refractivity contribution in [3.63, 3.8) is 0 Å². The third kappa shape index (κ3) is 2.39. The average Bonchev–Trinajstić information content (AvgIpc) is 2.94. The van der Waals surface area contributed by atoms with Crippen LogP contribution in [0.3, 0.4) is 0 Å². The minimum atomic E-state index is 0.486. The van der Waals surface area contributed by atoms with Crippen molar-refractivity contribution in [2.24, 2.45) is 0 Å². The first-order valence-corrected chi connectivity index (χ1v) is 7.68. The van der Waals surface area contributed by atoms with E-state index in [1.807, 2.05) is 17.6 Å². The second kappa shape index (κ2) is 5.17. The first kappa shape index (κ1) is 13.0. The molecule has 0 aliphatic rings. The third-order valence-corrected chi connectivity index (χ3v) is 4.96. The van der Waals surface area contributed by atoms with E-state index in [9.17, 15) is 4.79 Å². The van der Waals surface area contributed by atoms with Crippen molar-refractivity contribution in [3.05, 3.63) is 45.5 Å². The number of halogens is 2. The molecule has 0 bridgehead atoms. The molecule has 0 saturated heterocycles.